The van der Waals surface area contributed by atoms with E-state index in [2.05, 4.69) is 55.3 Å². The van der Waals surface area contributed by atoms with Gasteiger partial charge in [0.05, 0.1) is 5.52 Å². The molecular weight excluding hydrogens is 520 g/mol. The van der Waals surface area contributed by atoms with Crippen LogP contribution in [0.15, 0.2) is 79.0 Å². The van der Waals surface area contributed by atoms with Crippen molar-refractivity contribution < 1.29 is 0 Å². The van der Waals surface area contributed by atoms with E-state index in [1.807, 2.05) is 60.7 Å². The minimum atomic E-state index is 0.377. The minimum absolute atomic E-state index is 0.377. The number of nitrogens with one attached hydrogen (secondary N) is 4. The van der Waals surface area contributed by atoms with Gasteiger partial charge >= 0.3 is 0 Å². The van der Waals surface area contributed by atoms with Crippen LogP contribution in [0.5, 0.6) is 0 Å². The topological polar surface area (TPSA) is 99.7 Å². The molecule has 9 heteroatoms. The second-order valence-electron chi connectivity index (χ2n) is 10.1. The van der Waals surface area contributed by atoms with Crippen molar-refractivity contribution in [2.75, 3.05) is 21.3 Å². The number of aromatic nitrogens is 4. The monoisotopic (exact) mass is 550 g/mol. The van der Waals surface area contributed by atoms with Crippen LogP contribution in [0.25, 0.3) is 10.9 Å². The van der Waals surface area contributed by atoms with E-state index in [1.54, 1.807) is 6.20 Å². The van der Waals surface area contributed by atoms with Gasteiger partial charge in [-0.2, -0.15) is 15.0 Å². The lowest BCUT2D eigenvalue weighted by molar-refractivity contribution is 0.461. The second-order valence-corrected chi connectivity index (χ2v) is 10.6. The van der Waals surface area contributed by atoms with Crippen molar-refractivity contribution in [3.05, 3.63) is 89.6 Å². The fraction of sp³-hybridized carbons (Fsp3) is 0.226. The number of anilines is 7. The van der Waals surface area contributed by atoms with Gasteiger partial charge in [0.25, 0.3) is 0 Å². The summed E-state index contributed by atoms with van der Waals surface area (Å²) >= 11 is 6.14. The first-order valence-electron chi connectivity index (χ1n) is 13.6. The molecule has 0 aliphatic heterocycles. The molecule has 8 nitrogen and oxygen atoms in total. The van der Waals surface area contributed by atoms with Crippen molar-refractivity contribution in [1.82, 2.24) is 19.9 Å². The van der Waals surface area contributed by atoms with Gasteiger partial charge in [0.1, 0.15) is 0 Å². The molecule has 3 aromatic carbocycles. The van der Waals surface area contributed by atoms with Crippen LogP contribution in [0.2, 0.25) is 5.02 Å². The third-order valence-electron chi connectivity index (χ3n) is 7.01. The van der Waals surface area contributed by atoms with Crippen LogP contribution in [-0.2, 0) is 0 Å². The van der Waals surface area contributed by atoms with Crippen molar-refractivity contribution in [3.63, 3.8) is 0 Å². The summed E-state index contributed by atoms with van der Waals surface area (Å²) in [6, 6.07) is 24.2. The van der Waals surface area contributed by atoms with E-state index in [1.165, 1.54) is 24.8 Å². The Labute approximate surface area is 238 Å². The summed E-state index contributed by atoms with van der Waals surface area (Å²) in [5, 5.41) is 15.4. The number of hydrogen-bond donors (Lipinski definition) is 4. The Morgan fingerprint density at radius 1 is 0.675 bits per heavy atom. The number of benzene rings is 3. The average Bonchev–Trinajstić information content (AvgIpc) is 2.96. The normalized spacial score (nSPS) is 13.7. The highest BCUT2D eigenvalue weighted by Gasteiger charge is 2.16. The number of hydrogen-bond acceptors (Lipinski definition) is 8. The lowest BCUT2D eigenvalue weighted by atomic mass is 9.96. The Bertz CT molecular complexity index is 1600. The summed E-state index contributed by atoms with van der Waals surface area (Å²) in [4.78, 5) is 18.4. The first kappa shape index (κ1) is 25.8. The molecule has 1 fully saturated rings. The lowest BCUT2D eigenvalue weighted by Gasteiger charge is -2.23. The van der Waals surface area contributed by atoms with Crippen LogP contribution < -0.4 is 21.3 Å². The van der Waals surface area contributed by atoms with E-state index in [0.717, 1.165) is 46.5 Å². The van der Waals surface area contributed by atoms with E-state index in [0.29, 0.717) is 28.9 Å². The van der Waals surface area contributed by atoms with Crippen LogP contribution in [0.4, 0.5) is 40.6 Å². The van der Waals surface area contributed by atoms with Crippen molar-refractivity contribution >= 4 is 63.1 Å². The summed E-state index contributed by atoms with van der Waals surface area (Å²) in [7, 11) is 0. The zero-order chi connectivity index (χ0) is 27.3. The van der Waals surface area contributed by atoms with E-state index in [4.69, 9.17) is 16.6 Å². The summed E-state index contributed by atoms with van der Waals surface area (Å²) in [5.41, 5.74) is 5.75. The van der Waals surface area contributed by atoms with Gasteiger partial charge in [-0.15, -0.1) is 0 Å². The van der Waals surface area contributed by atoms with Crippen LogP contribution in [0, 0.1) is 6.92 Å². The van der Waals surface area contributed by atoms with Crippen LogP contribution >= 0.6 is 11.6 Å². The molecule has 0 radical (unpaired) electrons. The molecule has 4 N–H and O–H groups in total. The molecule has 5 aromatic rings. The third kappa shape index (κ3) is 6.40. The maximum Gasteiger partial charge on any atom is 0.233 e. The smallest absolute Gasteiger partial charge is 0.233 e. The van der Waals surface area contributed by atoms with Crippen LogP contribution in [0.3, 0.4) is 0 Å². The maximum absolute atomic E-state index is 6.14. The summed E-state index contributed by atoms with van der Waals surface area (Å²) in [6.07, 6.45) is 7.78. The molecule has 0 bridgehead atoms. The average molecular weight is 551 g/mol. The standard InChI is InChI=1S/C31H31ClN8/c1-20-7-10-24(11-8-20)36-30-38-29(35-22-5-3-2-4-6-22)39-31(40-30)37-25-14-12-23(13-15-25)34-27-17-18-33-28-19-21(32)9-16-26(27)28/h7-19,22H,2-6H2,1H3,(H,33,34)(H3,35,36,37,38,39,40). The van der Waals surface area contributed by atoms with Gasteiger partial charge in [0.2, 0.25) is 17.8 Å². The number of fused-ring (bicyclic) bond motifs is 1. The molecule has 0 unspecified atom stereocenters. The van der Waals surface area contributed by atoms with E-state index in [9.17, 15) is 0 Å². The third-order valence-corrected chi connectivity index (χ3v) is 7.24. The predicted octanol–water partition coefficient (Wildman–Crippen LogP) is 8.36. The lowest BCUT2D eigenvalue weighted by Crippen LogP contribution is -2.24. The van der Waals surface area contributed by atoms with Gasteiger partial charge in [-0.3, -0.25) is 4.98 Å². The van der Waals surface area contributed by atoms with Crippen LogP contribution in [0.1, 0.15) is 37.7 Å². The zero-order valence-electron chi connectivity index (χ0n) is 22.3. The number of halogens is 1. The Hall–Kier alpha value is -4.43. The highest BCUT2D eigenvalue weighted by Crippen LogP contribution is 2.28. The van der Waals surface area contributed by atoms with Crippen molar-refractivity contribution in [2.45, 2.75) is 45.1 Å². The number of aryl methyl sites for hydroxylation is 1. The first-order chi connectivity index (χ1) is 19.6. The molecule has 40 heavy (non-hydrogen) atoms. The second kappa shape index (κ2) is 11.8. The van der Waals surface area contributed by atoms with Gasteiger partial charge in [-0.1, -0.05) is 48.6 Å². The summed E-state index contributed by atoms with van der Waals surface area (Å²) in [5.74, 6) is 1.53. The molecule has 6 rings (SSSR count). The Morgan fingerprint density at radius 3 is 1.95 bits per heavy atom. The first-order valence-corrected chi connectivity index (χ1v) is 14.0. The maximum atomic E-state index is 6.14. The van der Waals surface area contributed by atoms with Crippen molar-refractivity contribution in [1.29, 1.82) is 0 Å². The quantitative estimate of drug-likeness (QED) is 0.153. The van der Waals surface area contributed by atoms with Crippen molar-refractivity contribution in [3.8, 4) is 0 Å². The molecule has 0 amide bonds. The fourth-order valence-electron chi connectivity index (χ4n) is 4.90. The van der Waals surface area contributed by atoms with Gasteiger partial charge in [-0.25, -0.2) is 0 Å². The molecule has 1 aliphatic carbocycles. The Balaban J connectivity index is 1.21. The minimum Gasteiger partial charge on any atom is -0.355 e. The summed E-state index contributed by atoms with van der Waals surface area (Å²) in [6.45, 7) is 2.07. The molecule has 0 spiro atoms. The number of pyridine rings is 1. The van der Waals surface area contributed by atoms with E-state index < -0.39 is 0 Å². The highest BCUT2D eigenvalue weighted by molar-refractivity contribution is 6.31. The van der Waals surface area contributed by atoms with Gasteiger partial charge < -0.3 is 21.3 Å². The molecule has 0 saturated heterocycles. The molecule has 2 aromatic heterocycles. The zero-order valence-corrected chi connectivity index (χ0v) is 23.0. The van der Waals surface area contributed by atoms with E-state index >= 15 is 0 Å². The Morgan fingerprint density at radius 2 is 1.27 bits per heavy atom. The molecule has 1 aliphatic rings. The Kier molecular flexibility index (Phi) is 7.59. The number of nitrogens with zero attached hydrogens (tertiary/aromatic N) is 4. The molecule has 0 atom stereocenters. The predicted molar refractivity (Wildman–Crippen MR) is 165 cm³/mol. The van der Waals surface area contributed by atoms with Crippen LogP contribution in [-0.4, -0.2) is 26.0 Å². The number of rotatable bonds is 8. The molecule has 202 valence electrons. The molecule has 1 saturated carbocycles. The largest absolute Gasteiger partial charge is 0.355 e. The van der Waals surface area contributed by atoms with Gasteiger partial charge in [-0.05, 0) is 80.4 Å². The van der Waals surface area contributed by atoms with Gasteiger partial charge in [0.15, 0.2) is 0 Å². The van der Waals surface area contributed by atoms with Gasteiger partial charge in [0, 0.05) is 45.4 Å². The van der Waals surface area contributed by atoms with E-state index in [-0.39, 0.29) is 0 Å². The SMILES string of the molecule is Cc1ccc(Nc2nc(Nc3ccc(Nc4ccnc5cc(Cl)ccc45)cc3)nc(NC3CCCCC3)n2)cc1. The molecule has 2 heterocycles. The highest BCUT2D eigenvalue weighted by atomic mass is 35.5. The molecular formula is C31H31ClN8. The summed E-state index contributed by atoms with van der Waals surface area (Å²) < 4.78 is 0. The fourth-order valence-corrected chi connectivity index (χ4v) is 5.07. The van der Waals surface area contributed by atoms with Crippen molar-refractivity contribution in [2.24, 2.45) is 0 Å².